The lowest BCUT2D eigenvalue weighted by Gasteiger charge is -2.32. The molecular formula is C26H29Br3N2O4. The number of carbonyl (C=O) groups is 1. The minimum absolute atomic E-state index is 0.158. The molecule has 2 heterocycles. The fourth-order valence-corrected chi connectivity index (χ4v) is 5.83. The van der Waals surface area contributed by atoms with Crippen LogP contribution in [-0.4, -0.2) is 60.0 Å². The average molecular weight is 673 g/mol. The van der Waals surface area contributed by atoms with Crippen LogP contribution in [0.4, 0.5) is 0 Å². The van der Waals surface area contributed by atoms with Crippen LogP contribution in [0.3, 0.4) is 0 Å². The molecule has 0 spiro atoms. The zero-order valence-electron chi connectivity index (χ0n) is 19.6. The van der Waals surface area contributed by atoms with Crippen LogP contribution in [0.1, 0.15) is 41.6 Å². The predicted molar refractivity (Wildman–Crippen MR) is 149 cm³/mol. The van der Waals surface area contributed by atoms with E-state index in [1.807, 2.05) is 6.92 Å². The molecule has 1 aliphatic heterocycles. The van der Waals surface area contributed by atoms with Crippen molar-refractivity contribution in [1.29, 1.82) is 0 Å². The number of rotatable bonds is 10. The SMILES string of the molecule is CCOCCn1cc(C2CCN(CCOc3c(C(=O)O)ccc(Br)c3Br)CC2)c2cc(Br)ccc21. The fraction of sp³-hybridized carbons (Fsp3) is 0.423. The Morgan fingerprint density at radius 2 is 1.86 bits per heavy atom. The van der Waals surface area contributed by atoms with Crippen molar-refractivity contribution < 1.29 is 19.4 Å². The van der Waals surface area contributed by atoms with Crippen LogP contribution in [-0.2, 0) is 11.3 Å². The van der Waals surface area contributed by atoms with Gasteiger partial charge in [0, 0.05) is 45.7 Å². The number of carboxylic acid groups (broad SMARTS) is 1. The number of fused-ring (bicyclic) bond motifs is 1. The lowest BCUT2D eigenvalue weighted by molar-refractivity contribution is 0.0691. The molecule has 0 saturated carbocycles. The number of hydrogen-bond donors (Lipinski definition) is 1. The van der Waals surface area contributed by atoms with Gasteiger partial charge in [0.05, 0.1) is 11.1 Å². The van der Waals surface area contributed by atoms with Gasteiger partial charge >= 0.3 is 5.97 Å². The van der Waals surface area contributed by atoms with Crippen molar-refractivity contribution >= 4 is 64.7 Å². The summed E-state index contributed by atoms with van der Waals surface area (Å²) < 4.78 is 16.3. The summed E-state index contributed by atoms with van der Waals surface area (Å²) in [4.78, 5) is 14.0. The monoisotopic (exact) mass is 670 g/mol. The topological polar surface area (TPSA) is 63.9 Å². The summed E-state index contributed by atoms with van der Waals surface area (Å²) >= 11 is 10.5. The largest absolute Gasteiger partial charge is 0.490 e. The molecule has 0 atom stereocenters. The van der Waals surface area contributed by atoms with Crippen molar-refractivity contribution in [3.05, 3.63) is 61.1 Å². The van der Waals surface area contributed by atoms with Gasteiger partial charge < -0.3 is 19.1 Å². The first-order valence-corrected chi connectivity index (χ1v) is 14.2. The van der Waals surface area contributed by atoms with E-state index >= 15 is 0 Å². The molecule has 0 radical (unpaired) electrons. The second kappa shape index (κ2) is 12.2. The number of likely N-dealkylation sites (tertiary alicyclic amines) is 1. The maximum absolute atomic E-state index is 11.6. The van der Waals surface area contributed by atoms with Crippen LogP contribution in [0.2, 0.25) is 0 Å². The van der Waals surface area contributed by atoms with Gasteiger partial charge in [0.15, 0.2) is 0 Å². The highest BCUT2D eigenvalue weighted by molar-refractivity contribution is 9.13. The van der Waals surface area contributed by atoms with Crippen molar-refractivity contribution in [3.8, 4) is 5.75 Å². The second-order valence-electron chi connectivity index (χ2n) is 8.64. The molecule has 1 aliphatic rings. The molecule has 1 N–H and O–H groups in total. The van der Waals surface area contributed by atoms with Gasteiger partial charge in [-0.2, -0.15) is 0 Å². The highest BCUT2D eigenvalue weighted by Gasteiger charge is 2.24. The number of halogens is 3. The number of hydrogen-bond acceptors (Lipinski definition) is 4. The molecule has 0 bridgehead atoms. The third-order valence-electron chi connectivity index (χ3n) is 6.52. The predicted octanol–water partition coefficient (Wildman–Crippen LogP) is 6.92. The molecule has 0 amide bonds. The minimum atomic E-state index is -0.999. The maximum atomic E-state index is 11.6. The molecule has 0 aliphatic carbocycles. The van der Waals surface area contributed by atoms with E-state index in [0.29, 0.717) is 29.4 Å². The standard InChI is InChI=1S/C26H29Br3N2O4/c1-2-34-13-12-31-16-21(20-15-18(27)3-6-23(20)31)17-7-9-30(10-8-17)11-14-35-25-19(26(32)33)4-5-22(28)24(25)29/h3-6,15-17H,2,7-14H2,1H3,(H,32,33). The molecule has 0 unspecified atom stereocenters. The number of carboxylic acids is 1. The third kappa shape index (κ3) is 6.31. The van der Waals surface area contributed by atoms with E-state index in [9.17, 15) is 9.90 Å². The molecule has 6 nitrogen and oxygen atoms in total. The van der Waals surface area contributed by atoms with Gasteiger partial charge in [0.1, 0.15) is 17.9 Å². The van der Waals surface area contributed by atoms with E-state index in [1.54, 1.807) is 12.1 Å². The first-order valence-electron chi connectivity index (χ1n) is 11.8. The highest BCUT2D eigenvalue weighted by atomic mass is 79.9. The second-order valence-corrected chi connectivity index (χ2v) is 11.2. The number of aromatic nitrogens is 1. The quantitative estimate of drug-likeness (QED) is 0.237. The molecule has 188 valence electrons. The van der Waals surface area contributed by atoms with E-state index < -0.39 is 5.97 Å². The molecule has 1 fully saturated rings. The molecule has 35 heavy (non-hydrogen) atoms. The molecule has 3 aromatic rings. The highest BCUT2D eigenvalue weighted by Crippen LogP contribution is 2.37. The van der Waals surface area contributed by atoms with Gasteiger partial charge in [-0.1, -0.05) is 15.9 Å². The van der Waals surface area contributed by atoms with Crippen LogP contribution >= 0.6 is 47.8 Å². The van der Waals surface area contributed by atoms with Gasteiger partial charge in [-0.05, 0) is 107 Å². The van der Waals surface area contributed by atoms with E-state index in [1.165, 1.54) is 16.5 Å². The summed E-state index contributed by atoms with van der Waals surface area (Å²) in [5.74, 6) is -0.122. The minimum Gasteiger partial charge on any atom is -0.490 e. The van der Waals surface area contributed by atoms with E-state index in [4.69, 9.17) is 9.47 Å². The normalized spacial score (nSPS) is 15.1. The van der Waals surface area contributed by atoms with E-state index in [0.717, 1.165) is 54.6 Å². The fourth-order valence-electron chi connectivity index (χ4n) is 4.70. The van der Waals surface area contributed by atoms with Gasteiger partial charge in [0.25, 0.3) is 0 Å². The van der Waals surface area contributed by atoms with Crippen molar-refractivity contribution in [2.24, 2.45) is 0 Å². The maximum Gasteiger partial charge on any atom is 0.339 e. The van der Waals surface area contributed by atoms with Crippen molar-refractivity contribution in [2.45, 2.75) is 32.2 Å². The molecule has 1 aromatic heterocycles. The Morgan fingerprint density at radius 3 is 2.57 bits per heavy atom. The van der Waals surface area contributed by atoms with Crippen molar-refractivity contribution in [1.82, 2.24) is 9.47 Å². The number of piperidine rings is 1. The Hall–Kier alpha value is -1.39. The summed E-state index contributed by atoms with van der Waals surface area (Å²) in [6.07, 6.45) is 4.48. The summed E-state index contributed by atoms with van der Waals surface area (Å²) in [6, 6.07) is 9.79. The molecule has 9 heteroatoms. The number of benzene rings is 2. The summed E-state index contributed by atoms with van der Waals surface area (Å²) in [6.45, 7) is 7.49. The third-order valence-corrected chi connectivity index (χ3v) is 8.99. The Kier molecular flexibility index (Phi) is 9.32. The Balaban J connectivity index is 1.38. The zero-order chi connectivity index (χ0) is 24.9. The van der Waals surface area contributed by atoms with Crippen LogP contribution < -0.4 is 4.74 Å². The molecule has 1 saturated heterocycles. The van der Waals surface area contributed by atoms with Crippen LogP contribution in [0.25, 0.3) is 10.9 Å². The summed E-state index contributed by atoms with van der Waals surface area (Å²) in [5.41, 5.74) is 2.83. The van der Waals surface area contributed by atoms with E-state index in [2.05, 4.69) is 81.7 Å². The first-order chi connectivity index (χ1) is 16.9. The van der Waals surface area contributed by atoms with Gasteiger partial charge in [0.2, 0.25) is 0 Å². The van der Waals surface area contributed by atoms with E-state index in [-0.39, 0.29) is 5.56 Å². The Bertz CT molecular complexity index is 1190. The zero-order valence-corrected chi connectivity index (χ0v) is 24.4. The summed E-state index contributed by atoms with van der Waals surface area (Å²) in [5, 5.41) is 10.8. The Morgan fingerprint density at radius 1 is 1.09 bits per heavy atom. The van der Waals surface area contributed by atoms with Gasteiger partial charge in [-0.25, -0.2) is 4.79 Å². The number of nitrogens with zero attached hydrogens (tertiary/aromatic N) is 2. The number of ether oxygens (including phenoxy) is 2. The molecule has 2 aromatic carbocycles. The first kappa shape index (κ1) is 26.7. The van der Waals surface area contributed by atoms with Gasteiger partial charge in [-0.15, -0.1) is 0 Å². The van der Waals surface area contributed by atoms with Crippen LogP contribution in [0.5, 0.6) is 5.75 Å². The Labute approximate surface area is 231 Å². The van der Waals surface area contributed by atoms with Crippen molar-refractivity contribution in [2.75, 3.05) is 39.5 Å². The van der Waals surface area contributed by atoms with Gasteiger partial charge in [-0.3, -0.25) is 4.90 Å². The smallest absolute Gasteiger partial charge is 0.339 e. The van der Waals surface area contributed by atoms with Crippen LogP contribution in [0, 0.1) is 0 Å². The average Bonchev–Trinajstić information content (AvgIpc) is 3.19. The lowest BCUT2D eigenvalue weighted by atomic mass is 9.89. The molecular weight excluding hydrogens is 644 g/mol. The number of aromatic carboxylic acids is 1. The van der Waals surface area contributed by atoms with Crippen LogP contribution in [0.15, 0.2) is 49.9 Å². The summed E-state index contributed by atoms with van der Waals surface area (Å²) in [7, 11) is 0. The lowest BCUT2D eigenvalue weighted by Crippen LogP contribution is -2.36. The van der Waals surface area contributed by atoms with Crippen molar-refractivity contribution in [3.63, 3.8) is 0 Å². The molecule has 4 rings (SSSR count).